The molecule has 210 valence electrons. The lowest BCUT2D eigenvalue weighted by molar-refractivity contribution is -0.136. The highest BCUT2D eigenvalue weighted by atomic mass is 16.3. The van der Waals surface area contributed by atoms with Gasteiger partial charge in [0.05, 0.1) is 17.5 Å². The van der Waals surface area contributed by atoms with E-state index in [9.17, 15) is 19.5 Å². The van der Waals surface area contributed by atoms with Crippen molar-refractivity contribution in [3.63, 3.8) is 0 Å². The molecule has 3 aromatic rings. The average molecular weight is 551 g/mol. The summed E-state index contributed by atoms with van der Waals surface area (Å²) in [6.07, 6.45) is 4.59. The minimum absolute atomic E-state index is 0.125. The summed E-state index contributed by atoms with van der Waals surface area (Å²) in [5, 5.41) is 16.3. The summed E-state index contributed by atoms with van der Waals surface area (Å²) in [4.78, 5) is 45.2. The number of hydrogen-bond acceptors (Lipinski definition) is 4. The van der Waals surface area contributed by atoms with Crippen LogP contribution in [0.25, 0.3) is 0 Å². The number of nitrogens with one attached hydrogen (secondary N) is 2. The van der Waals surface area contributed by atoms with Gasteiger partial charge in [0.25, 0.3) is 11.8 Å². The molecule has 2 unspecified atom stereocenters. The van der Waals surface area contributed by atoms with Gasteiger partial charge in [-0.15, -0.1) is 0 Å². The summed E-state index contributed by atoms with van der Waals surface area (Å²) < 4.78 is 0. The van der Waals surface area contributed by atoms with Crippen LogP contribution in [0.5, 0.6) is 0 Å². The maximum Gasteiger partial charge on any atom is 0.320 e. The van der Waals surface area contributed by atoms with Gasteiger partial charge in [0.15, 0.2) is 6.04 Å². The molecule has 1 heterocycles. The van der Waals surface area contributed by atoms with Gasteiger partial charge in [0.1, 0.15) is 0 Å². The second-order valence-corrected chi connectivity index (χ2v) is 12.3. The lowest BCUT2D eigenvalue weighted by atomic mass is 9.48. The minimum Gasteiger partial charge on any atom is -0.393 e. The van der Waals surface area contributed by atoms with Crippen molar-refractivity contribution in [1.82, 2.24) is 5.32 Å². The highest BCUT2D eigenvalue weighted by Gasteiger charge is 2.56. The quantitative estimate of drug-likeness (QED) is 0.386. The highest BCUT2D eigenvalue weighted by molar-refractivity contribution is 6.24. The lowest BCUT2D eigenvalue weighted by Crippen LogP contribution is -2.60. The number of carbonyl (C=O) groups is 3. The van der Waals surface area contributed by atoms with Crippen molar-refractivity contribution in [2.24, 2.45) is 23.2 Å². The van der Waals surface area contributed by atoms with Gasteiger partial charge >= 0.3 is 6.03 Å². The fourth-order valence-electron chi connectivity index (χ4n) is 8.15. The summed E-state index contributed by atoms with van der Waals surface area (Å²) in [6, 6.07) is 23.6. The normalized spacial score (nSPS) is 30.1. The van der Waals surface area contributed by atoms with E-state index in [2.05, 4.69) is 10.6 Å². The molecule has 3 aromatic carbocycles. The number of rotatable bonds is 5. The van der Waals surface area contributed by atoms with Gasteiger partial charge in [0, 0.05) is 17.9 Å². The first-order valence-electron chi connectivity index (χ1n) is 14.5. The predicted octanol–water partition coefficient (Wildman–Crippen LogP) is 5.08. The summed E-state index contributed by atoms with van der Waals surface area (Å²) >= 11 is 0. The van der Waals surface area contributed by atoms with Gasteiger partial charge in [-0.25, -0.2) is 4.79 Å². The molecule has 8 heteroatoms. The van der Waals surface area contributed by atoms with Gasteiger partial charge in [0.2, 0.25) is 0 Å². The van der Waals surface area contributed by atoms with Crippen LogP contribution in [-0.2, 0) is 9.59 Å². The number of amides is 4. The average Bonchev–Trinajstić information content (AvgIpc) is 3.05. The van der Waals surface area contributed by atoms with E-state index in [1.807, 2.05) is 60.7 Å². The second-order valence-electron chi connectivity index (χ2n) is 12.3. The number of para-hydroxylation sites is 4. The molecule has 4 amide bonds. The Morgan fingerprint density at radius 1 is 0.805 bits per heavy atom. The number of anilines is 4. The summed E-state index contributed by atoms with van der Waals surface area (Å²) in [5.41, 5.74) is 2.31. The van der Waals surface area contributed by atoms with Crippen LogP contribution in [0.1, 0.15) is 32.1 Å². The van der Waals surface area contributed by atoms with Gasteiger partial charge in [-0.05, 0) is 91.7 Å². The molecule has 5 aliphatic rings. The van der Waals surface area contributed by atoms with E-state index in [-0.39, 0.29) is 23.4 Å². The maximum absolute atomic E-state index is 14.5. The Morgan fingerprint density at radius 3 is 2.10 bits per heavy atom. The number of fused-ring (bicyclic) bond motifs is 1. The molecule has 41 heavy (non-hydrogen) atoms. The van der Waals surface area contributed by atoms with Crippen LogP contribution in [0, 0.1) is 23.2 Å². The van der Waals surface area contributed by atoms with E-state index < -0.39 is 23.9 Å². The standard InChI is InChI=1S/C33H34N4O4/c38-29-22-15-21-16-23(29)19-33(17-21,18-22)20-36-26-13-7-8-14-27(26)37(25-11-5-2-6-12-25)31(40)28(30(36)39)35-32(41)34-24-9-3-1-4-10-24/h1-14,21-23,28-29,38H,15-20H2,(H2,34,35,41)/t21?,22?,23?,28-,29?,33?/m0/s1. The Bertz CT molecular complexity index is 1460. The van der Waals surface area contributed by atoms with E-state index in [0.29, 0.717) is 35.2 Å². The zero-order chi connectivity index (χ0) is 28.1. The van der Waals surface area contributed by atoms with E-state index in [0.717, 1.165) is 32.1 Å². The van der Waals surface area contributed by atoms with Crippen LogP contribution in [0.15, 0.2) is 84.9 Å². The molecule has 0 radical (unpaired) electrons. The maximum atomic E-state index is 14.5. The van der Waals surface area contributed by atoms with Crippen LogP contribution < -0.4 is 20.4 Å². The van der Waals surface area contributed by atoms with Crippen molar-refractivity contribution in [3.05, 3.63) is 84.9 Å². The first-order chi connectivity index (χ1) is 19.9. The molecule has 1 aliphatic heterocycles. The monoisotopic (exact) mass is 550 g/mol. The molecular weight excluding hydrogens is 516 g/mol. The van der Waals surface area contributed by atoms with Gasteiger partial charge in [-0.2, -0.15) is 0 Å². The molecule has 4 aliphatic carbocycles. The van der Waals surface area contributed by atoms with E-state index in [4.69, 9.17) is 0 Å². The SMILES string of the molecule is O=C(Nc1ccccc1)N[C@H]1C(=O)N(CC23CC4CC(C2)C(O)C(C4)C3)c2ccccc2N(c2ccccc2)C1=O. The largest absolute Gasteiger partial charge is 0.393 e. The number of urea groups is 1. The first-order valence-corrected chi connectivity index (χ1v) is 14.5. The van der Waals surface area contributed by atoms with Crippen molar-refractivity contribution in [2.45, 2.75) is 44.2 Å². The summed E-state index contributed by atoms with van der Waals surface area (Å²) in [7, 11) is 0. The van der Waals surface area contributed by atoms with Crippen molar-refractivity contribution in [3.8, 4) is 0 Å². The number of carbonyl (C=O) groups excluding carboxylic acids is 3. The molecule has 3 N–H and O–H groups in total. The summed E-state index contributed by atoms with van der Waals surface area (Å²) in [6.45, 7) is 0.452. The topological polar surface area (TPSA) is 102 Å². The lowest BCUT2D eigenvalue weighted by Gasteiger charge is -2.59. The van der Waals surface area contributed by atoms with Crippen molar-refractivity contribution < 1.29 is 19.5 Å². The Morgan fingerprint density at radius 2 is 1.41 bits per heavy atom. The van der Waals surface area contributed by atoms with E-state index in [1.54, 1.807) is 34.1 Å². The highest BCUT2D eigenvalue weighted by Crippen LogP contribution is 2.60. The van der Waals surface area contributed by atoms with Crippen molar-refractivity contribution in [1.29, 1.82) is 0 Å². The minimum atomic E-state index is -1.43. The fraction of sp³-hybridized carbons (Fsp3) is 0.364. The molecular formula is C33H34N4O4. The van der Waals surface area contributed by atoms with Crippen molar-refractivity contribution >= 4 is 40.6 Å². The molecule has 0 spiro atoms. The first kappa shape index (κ1) is 25.8. The Labute approximate surface area is 239 Å². The summed E-state index contributed by atoms with van der Waals surface area (Å²) in [5.74, 6) is 0.111. The number of hydrogen-bond donors (Lipinski definition) is 3. The fourth-order valence-corrected chi connectivity index (χ4v) is 8.15. The van der Waals surface area contributed by atoms with Crippen LogP contribution in [0.2, 0.25) is 0 Å². The molecule has 4 saturated carbocycles. The Balaban J connectivity index is 1.28. The zero-order valence-corrected chi connectivity index (χ0v) is 22.8. The molecule has 3 atom stereocenters. The third kappa shape index (κ3) is 4.56. The zero-order valence-electron chi connectivity index (χ0n) is 22.8. The Hall–Kier alpha value is -4.17. The van der Waals surface area contributed by atoms with Crippen LogP contribution >= 0.6 is 0 Å². The molecule has 4 bridgehead atoms. The number of aliphatic hydroxyl groups excluding tert-OH is 1. The third-order valence-electron chi connectivity index (χ3n) is 9.56. The molecule has 0 saturated heterocycles. The molecule has 8 nitrogen and oxygen atoms in total. The van der Waals surface area contributed by atoms with Crippen LogP contribution in [-0.4, -0.2) is 41.6 Å². The Kier molecular flexibility index (Phi) is 6.31. The van der Waals surface area contributed by atoms with Crippen molar-refractivity contribution in [2.75, 3.05) is 21.7 Å². The second kappa shape index (κ2) is 10.0. The number of aliphatic hydroxyl groups is 1. The van der Waals surface area contributed by atoms with E-state index >= 15 is 0 Å². The molecule has 8 rings (SSSR count). The molecule has 0 aromatic heterocycles. The van der Waals surface area contributed by atoms with E-state index in [1.165, 1.54) is 0 Å². The van der Waals surface area contributed by atoms with Gasteiger partial charge in [-0.1, -0.05) is 48.5 Å². The number of nitrogens with zero attached hydrogens (tertiary/aromatic N) is 2. The predicted molar refractivity (Wildman–Crippen MR) is 157 cm³/mol. The third-order valence-corrected chi connectivity index (χ3v) is 9.56. The van der Waals surface area contributed by atoms with Gasteiger partial charge in [-0.3, -0.25) is 14.5 Å². The van der Waals surface area contributed by atoms with Crippen LogP contribution in [0.4, 0.5) is 27.5 Å². The van der Waals surface area contributed by atoms with Crippen LogP contribution in [0.3, 0.4) is 0 Å². The molecule has 4 fully saturated rings. The number of benzene rings is 3. The van der Waals surface area contributed by atoms with Gasteiger partial charge < -0.3 is 20.6 Å². The smallest absolute Gasteiger partial charge is 0.320 e.